The molecular weight excluding hydrogens is 216 g/mol. The molecule has 0 aliphatic carbocycles. The van der Waals surface area contributed by atoms with Crippen LogP contribution in [0.5, 0.6) is 0 Å². The van der Waals surface area contributed by atoms with Crippen LogP contribution in [-0.4, -0.2) is 19.6 Å². The normalized spacial score (nSPS) is 11.9. The third-order valence-corrected chi connectivity index (χ3v) is 2.84. The Kier molecular flexibility index (Phi) is 2.77. The molecule has 5 heteroatoms. The Morgan fingerprint density at radius 1 is 1.18 bits per heavy atom. The first-order valence-electron chi connectivity index (χ1n) is 5.91. The van der Waals surface area contributed by atoms with E-state index in [4.69, 9.17) is 0 Å². The van der Waals surface area contributed by atoms with Crippen molar-refractivity contribution in [2.45, 2.75) is 46.5 Å². The van der Waals surface area contributed by atoms with Crippen LogP contribution >= 0.6 is 0 Å². The Hall–Kier alpha value is -1.65. The molecule has 0 amide bonds. The molecule has 0 bridgehead atoms. The number of nitrogens with zero attached hydrogens (tertiary/aromatic N) is 3. The molecule has 0 aromatic carbocycles. The molecule has 17 heavy (non-hydrogen) atoms. The first-order valence-corrected chi connectivity index (χ1v) is 5.91. The first-order chi connectivity index (χ1) is 7.91. The minimum absolute atomic E-state index is 0.0642. The smallest absolute Gasteiger partial charge is 0.279 e. The molecule has 2 heterocycles. The van der Waals surface area contributed by atoms with E-state index in [1.807, 2.05) is 34.6 Å². The summed E-state index contributed by atoms with van der Waals surface area (Å²) >= 11 is 0. The molecule has 0 saturated carbocycles. The van der Waals surface area contributed by atoms with E-state index in [-0.39, 0.29) is 17.4 Å². The van der Waals surface area contributed by atoms with Gasteiger partial charge in [0.1, 0.15) is 0 Å². The van der Waals surface area contributed by atoms with Crippen molar-refractivity contribution in [2.75, 3.05) is 0 Å². The van der Waals surface area contributed by atoms with Crippen molar-refractivity contribution in [3.63, 3.8) is 0 Å². The van der Waals surface area contributed by atoms with Crippen LogP contribution in [0.15, 0.2) is 4.79 Å². The number of aryl methyl sites for hydroxylation is 1. The summed E-state index contributed by atoms with van der Waals surface area (Å²) in [6.07, 6.45) is 0. The Morgan fingerprint density at radius 2 is 1.82 bits per heavy atom. The van der Waals surface area contributed by atoms with E-state index in [1.165, 1.54) is 4.52 Å². The van der Waals surface area contributed by atoms with Crippen LogP contribution in [-0.2, 0) is 0 Å². The van der Waals surface area contributed by atoms with E-state index in [1.54, 1.807) is 0 Å². The lowest BCUT2D eigenvalue weighted by Gasteiger charge is -2.07. The molecule has 2 aromatic heterocycles. The van der Waals surface area contributed by atoms with Gasteiger partial charge in [0.2, 0.25) is 5.78 Å². The highest BCUT2D eigenvalue weighted by atomic mass is 16.1. The number of H-pyrrole nitrogens is 1. The van der Waals surface area contributed by atoms with Gasteiger partial charge >= 0.3 is 0 Å². The van der Waals surface area contributed by atoms with Crippen molar-refractivity contribution in [1.29, 1.82) is 0 Å². The van der Waals surface area contributed by atoms with Crippen LogP contribution in [0.1, 0.15) is 56.6 Å². The van der Waals surface area contributed by atoms with Crippen LogP contribution < -0.4 is 5.56 Å². The SMILES string of the molecule is Cc1[nH]c2nc(C(C)C)nn2c(=O)c1C(C)C. The largest absolute Gasteiger partial charge is 0.327 e. The Morgan fingerprint density at radius 3 is 2.35 bits per heavy atom. The summed E-state index contributed by atoms with van der Waals surface area (Å²) in [6.45, 7) is 9.93. The summed E-state index contributed by atoms with van der Waals surface area (Å²) in [5.41, 5.74) is 1.59. The molecule has 0 saturated heterocycles. The molecule has 5 nitrogen and oxygen atoms in total. The average molecular weight is 234 g/mol. The van der Waals surface area contributed by atoms with Crippen molar-refractivity contribution >= 4 is 5.78 Å². The third kappa shape index (κ3) is 1.85. The highest BCUT2D eigenvalue weighted by Gasteiger charge is 2.16. The van der Waals surface area contributed by atoms with Crippen molar-refractivity contribution in [3.8, 4) is 0 Å². The van der Waals surface area contributed by atoms with Crippen LogP contribution in [0.4, 0.5) is 0 Å². The second-order valence-electron chi connectivity index (χ2n) is 4.98. The average Bonchev–Trinajstić information content (AvgIpc) is 2.60. The summed E-state index contributed by atoms with van der Waals surface area (Å²) in [5, 5.41) is 4.26. The van der Waals surface area contributed by atoms with E-state index >= 15 is 0 Å². The zero-order valence-corrected chi connectivity index (χ0v) is 10.9. The maximum absolute atomic E-state index is 12.3. The van der Waals surface area contributed by atoms with E-state index in [9.17, 15) is 4.79 Å². The zero-order valence-electron chi connectivity index (χ0n) is 10.9. The van der Waals surface area contributed by atoms with Gasteiger partial charge in [0.05, 0.1) is 0 Å². The maximum Gasteiger partial charge on any atom is 0.279 e. The minimum atomic E-state index is -0.0642. The number of aromatic amines is 1. The Balaban J connectivity index is 2.79. The lowest BCUT2D eigenvalue weighted by molar-refractivity contribution is 0.740. The minimum Gasteiger partial charge on any atom is -0.327 e. The number of aromatic nitrogens is 4. The van der Waals surface area contributed by atoms with Gasteiger partial charge in [-0.1, -0.05) is 27.7 Å². The summed E-state index contributed by atoms with van der Waals surface area (Å²) < 4.78 is 1.37. The predicted octanol–water partition coefficient (Wildman–Crippen LogP) is 1.97. The highest BCUT2D eigenvalue weighted by Crippen LogP contribution is 2.14. The lowest BCUT2D eigenvalue weighted by Crippen LogP contribution is -2.22. The van der Waals surface area contributed by atoms with Gasteiger partial charge in [-0.3, -0.25) is 4.79 Å². The summed E-state index contributed by atoms with van der Waals surface area (Å²) in [4.78, 5) is 19.7. The maximum atomic E-state index is 12.3. The number of fused-ring (bicyclic) bond motifs is 1. The van der Waals surface area contributed by atoms with Crippen LogP contribution in [0.3, 0.4) is 0 Å². The van der Waals surface area contributed by atoms with E-state index in [2.05, 4.69) is 15.1 Å². The molecule has 92 valence electrons. The van der Waals surface area contributed by atoms with Crippen molar-refractivity contribution in [1.82, 2.24) is 19.6 Å². The molecule has 0 unspecified atom stereocenters. The van der Waals surface area contributed by atoms with E-state index in [0.717, 1.165) is 11.3 Å². The first kappa shape index (κ1) is 11.8. The van der Waals surface area contributed by atoms with Gasteiger partial charge < -0.3 is 4.98 Å². The fourth-order valence-electron chi connectivity index (χ4n) is 1.98. The molecule has 0 spiro atoms. The summed E-state index contributed by atoms with van der Waals surface area (Å²) in [6, 6.07) is 0. The molecule has 0 aliphatic heterocycles. The van der Waals surface area contributed by atoms with Gasteiger partial charge in [-0.15, -0.1) is 5.10 Å². The van der Waals surface area contributed by atoms with Crippen molar-refractivity contribution in [2.24, 2.45) is 0 Å². The molecule has 2 rings (SSSR count). The number of hydrogen-bond donors (Lipinski definition) is 1. The molecule has 1 N–H and O–H groups in total. The van der Waals surface area contributed by atoms with Gasteiger partial charge in [-0.05, 0) is 12.8 Å². The highest BCUT2D eigenvalue weighted by molar-refractivity contribution is 5.33. The standard InChI is InChI=1S/C12H18N4O/c1-6(2)9-8(5)13-12-14-10(7(3)4)15-16(12)11(9)17/h6-7H,1-5H3,(H,13,14,15). The molecule has 0 atom stereocenters. The zero-order chi connectivity index (χ0) is 12.7. The number of rotatable bonds is 2. The molecular formula is C12H18N4O. The second kappa shape index (κ2) is 3.98. The monoisotopic (exact) mass is 234 g/mol. The summed E-state index contributed by atoms with van der Waals surface area (Å²) in [5.74, 6) is 1.61. The second-order valence-corrected chi connectivity index (χ2v) is 4.98. The number of hydrogen-bond acceptors (Lipinski definition) is 3. The fourth-order valence-corrected chi connectivity index (χ4v) is 1.98. The van der Waals surface area contributed by atoms with Gasteiger partial charge in [0, 0.05) is 17.2 Å². The molecule has 0 radical (unpaired) electrons. The van der Waals surface area contributed by atoms with Gasteiger partial charge in [-0.25, -0.2) is 0 Å². The van der Waals surface area contributed by atoms with E-state index < -0.39 is 0 Å². The predicted molar refractivity (Wildman–Crippen MR) is 66.5 cm³/mol. The van der Waals surface area contributed by atoms with Gasteiger partial charge in [0.25, 0.3) is 5.56 Å². The van der Waals surface area contributed by atoms with E-state index in [0.29, 0.717) is 11.6 Å². The summed E-state index contributed by atoms with van der Waals surface area (Å²) in [7, 11) is 0. The van der Waals surface area contributed by atoms with Gasteiger partial charge in [-0.2, -0.15) is 9.50 Å². The van der Waals surface area contributed by atoms with Crippen LogP contribution in [0, 0.1) is 6.92 Å². The number of nitrogens with one attached hydrogen (secondary N) is 1. The van der Waals surface area contributed by atoms with Crippen LogP contribution in [0.25, 0.3) is 5.78 Å². The third-order valence-electron chi connectivity index (χ3n) is 2.84. The van der Waals surface area contributed by atoms with Crippen molar-refractivity contribution < 1.29 is 0 Å². The lowest BCUT2D eigenvalue weighted by atomic mass is 10.0. The topological polar surface area (TPSA) is 63.1 Å². The Labute approximate surface area is 99.9 Å². The molecule has 0 fully saturated rings. The fraction of sp³-hybridized carbons (Fsp3) is 0.583. The van der Waals surface area contributed by atoms with Gasteiger partial charge in [0.15, 0.2) is 5.82 Å². The molecule has 2 aromatic rings. The Bertz CT molecular complexity index is 607. The molecule has 0 aliphatic rings. The quantitative estimate of drug-likeness (QED) is 0.864. The van der Waals surface area contributed by atoms with Crippen LogP contribution in [0.2, 0.25) is 0 Å². The van der Waals surface area contributed by atoms with Crippen molar-refractivity contribution in [3.05, 3.63) is 27.4 Å².